The molecule has 0 saturated carbocycles. The molecule has 1 heterocycles. The third kappa shape index (κ3) is 1.77. The van der Waals surface area contributed by atoms with Crippen molar-refractivity contribution >= 4 is 21.9 Å². The first-order valence-electron chi connectivity index (χ1n) is 3.73. The highest BCUT2D eigenvalue weighted by Crippen LogP contribution is 2.14. The second-order valence-corrected chi connectivity index (χ2v) is 4.36. The summed E-state index contributed by atoms with van der Waals surface area (Å²) >= 11 is 0. The Morgan fingerprint density at radius 2 is 2.14 bits per heavy atom. The van der Waals surface area contributed by atoms with Gasteiger partial charge in [-0.05, 0) is 6.92 Å². The highest BCUT2D eigenvalue weighted by molar-refractivity contribution is 7.88. The smallest absolute Gasteiger partial charge is 0.344 e. The van der Waals surface area contributed by atoms with Gasteiger partial charge in [0.15, 0.2) is 0 Å². The minimum Gasteiger partial charge on any atom is -0.465 e. The SMILES string of the molecule is COC(=O)C1=CN(C)S(=O)(=O)N=C1C. The van der Waals surface area contributed by atoms with Crippen molar-refractivity contribution in [2.24, 2.45) is 4.40 Å². The van der Waals surface area contributed by atoms with Gasteiger partial charge in [0.05, 0.1) is 18.4 Å². The van der Waals surface area contributed by atoms with Crippen LogP contribution in [-0.4, -0.2) is 38.6 Å². The van der Waals surface area contributed by atoms with E-state index in [2.05, 4.69) is 9.13 Å². The highest BCUT2D eigenvalue weighted by Gasteiger charge is 2.25. The highest BCUT2D eigenvalue weighted by atomic mass is 32.2. The minimum atomic E-state index is -3.65. The fourth-order valence-corrected chi connectivity index (χ4v) is 1.75. The maximum absolute atomic E-state index is 11.2. The molecular formula is C7H10N2O4S. The molecule has 0 bridgehead atoms. The van der Waals surface area contributed by atoms with Gasteiger partial charge >= 0.3 is 16.2 Å². The standard InChI is InChI=1S/C7H10N2O4S/c1-5-6(7(10)13-3)4-9(2)14(11,12)8-5/h4H,1-3H3. The van der Waals surface area contributed by atoms with E-state index in [1.54, 1.807) is 0 Å². The first-order valence-corrected chi connectivity index (χ1v) is 5.13. The van der Waals surface area contributed by atoms with E-state index in [0.29, 0.717) is 0 Å². The number of carbonyl (C=O) groups excluding carboxylic acids is 1. The second kappa shape index (κ2) is 3.41. The van der Waals surface area contributed by atoms with Gasteiger partial charge in [-0.15, -0.1) is 4.40 Å². The molecule has 0 radical (unpaired) electrons. The number of hydrogen-bond donors (Lipinski definition) is 0. The first kappa shape index (κ1) is 10.7. The lowest BCUT2D eigenvalue weighted by Gasteiger charge is -2.18. The number of methoxy groups -OCH3 is 1. The lowest BCUT2D eigenvalue weighted by Crippen LogP contribution is -2.28. The molecule has 1 aliphatic heterocycles. The van der Waals surface area contributed by atoms with Gasteiger partial charge in [-0.1, -0.05) is 0 Å². The van der Waals surface area contributed by atoms with E-state index in [4.69, 9.17) is 0 Å². The van der Waals surface area contributed by atoms with Gasteiger partial charge in [0.2, 0.25) is 0 Å². The monoisotopic (exact) mass is 218 g/mol. The zero-order chi connectivity index (χ0) is 10.9. The Hall–Kier alpha value is -1.37. The van der Waals surface area contributed by atoms with Crippen LogP contribution in [0.25, 0.3) is 0 Å². The Kier molecular flexibility index (Phi) is 2.61. The van der Waals surface area contributed by atoms with Crippen LogP contribution in [0.15, 0.2) is 16.2 Å². The van der Waals surface area contributed by atoms with Crippen molar-refractivity contribution < 1.29 is 17.9 Å². The second-order valence-electron chi connectivity index (χ2n) is 2.71. The van der Waals surface area contributed by atoms with Crippen LogP contribution in [0, 0.1) is 0 Å². The first-order chi connectivity index (χ1) is 6.38. The van der Waals surface area contributed by atoms with E-state index in [1.807, 2.05) is 0 Å². The molecule has 0 fully saturated rings. The van der Waals surface area contributed by atoms with Crippen molar-refractivity contribution in [3.05, 3.63) is 11.8 Å². The minimum absolute atomic E-state index is 0.134. The molecule has 0 amide bonds. The molecule has 0 N–H and O–H groups in total. The fraction of sp³-hybridized carbons (Fsp3) is 0.429. The largest absolute Gasteiger partial charge is 0.465 e. The van der Waals surface area contributed by atoms with Gasteiger partial charge < -0.3 is 4.74 Å². The topological polar surface area (TPSA) is 76.0 Å². The van der Waals surface area contributed by atoms with Crippen LogP contribution in [0.1, 0.15) is 6.92 Å². The molecule has 1 aliphatic rings. The molecule has 78 valence electrons. The molecule has 7 heteroatoms. The maximum atomic E-state index is 11.2. The predicted molar refractivity (Wildman–Crippen MR) is 49.9 cm³/mol. The molecule has 0 atom stereocenters. The van der Waals surface area contributed by atoms with Crippen molar-refractivity contribution in [2.45, 2.75) is 6.92 Å². The van der Waals surface area contributed by atoms with E-state index in [1.165, 1.54) is 27.3 Å². The molecule has 14 heavy (non-hydrogen) atoms. The summed E-state index contributed by atoms with van der Waals surface area (Å²) in [5.41, 5.74) is 0.278. The predicted octanol–water partition coefficient (Wildman–Crippen LogP) is -0.306. The van der Waals surface area contributed by atoms with Gasteiger partial charge in [0.25, 0.3) is 0 Å². The van der Waals surface area contributed by atoms with E-state index in [0.717, 1.165) is 4.31 Å². The van der Waals surface area contributed by atoms with Gasteiger partial charge in [-0.25, -0.2) is 4.79 Å². The zero-order valence-electron chi connectivity index (χ0n) is 8.01. The lowest BCUT2D eigenvalue weighted by atomic mass is 10.2. The number of carbonyl (C=O) groups is 1. The summed E-state index contributed by atoms with van der Waals surface area (Å²) in [5, 5.41) is 0. The normalized spacial score (nSPS) is 19.8. The number of esters is 1. The summed E-state index contributed by atoms with van der Waals surface area (Å²) in [6, 6.07) is 0. The third-order valence-corrected chi connectivity index (χ3v) is 3.06. The number of rotatable bonds is 1. The molecule has 0 saturated heterocycles. The van der Waals surface area contributed by atoms with Crippen LogP contribution in [0.2, 0.25) is 0 Å². The molecule has 1 rings (SSSR count). The summed E-state index contributed by atoms with van der Waals surface area (Å²) in [5.74, 6) is -0.604. The Balaban J connectivity index is 3.16. The van der Waals surface area contributed by atoms with Crippen molar-refractivity contribution in [1.82, 2.24) is 4.31 Å². The summed E-state index contributed by atoms with van der Waals surface area (Å²) in [6.45, 7) is 1.44. The Morgan fingerprint density at radius 1 is 1.57 bits per heavy atom. The molecule has 0 spiro atoms. The van der Waals surface area contributed by atoms with E-state index < -0.39 is 16.2 Å². The molecule has 0 aliphatic carbocycles. The van der Waals surface area contributed by atoms with Gasteiger partial charge in [0.1, 0.15) is 0 Å². The number of hydrogen-bond acceptors (Lipinski definition) is 4. The maximum Gasteiger partial charge on any atom is 0.344 e. The lowest BCUT2D eigenvalue weighted by molar-refractivity contribution is -0.135. The quantitative estimate of drug-likeness (QED) is 0.566. The van der Waals surface area contributed by atoms with E-state index in [-0.39, 0.29) is 11.3 Å². The van der Waals surface area contributed by atoms with E-state index >= 15 is 0 Å². The van der Waals surface area contributed by atoms with Crippen molar-refractivity contribution in [3.63, 3.8) is 0 Å². The van der Waals surface area contributed by atoms with Crippen molar-refractivity contribution in [2.75, 3.05) is 14.2 Å². The average Bonchev–Trinajstić information content (AvgIpc) is 2.09. The Morgan fingerprint density at radius 3 is 2.64 bits per heavy atom. The van der Waals surface area contributed by atoms with Crippen LogP contribution in [0.5, 0.6) is 0 Å². The summed E-state index contributed by atoms with van der Waals surface area (Å²) in [7, 11) is -1.13. The Bertz CT molecular complexity index is 421. The van der Waals surface area contributed by atoms with Crippen LogP contribution >= 0.6 is 0 Å². The number of ether oxygens (including phenoxy) is 1. The Labute approximate surface area is 82.1 Å². The molecular weight excluding hydrogens is 208 g/mol. The van der Waals surface area contributed by atoms with Gasteiger partial charge in [0, 0.05) is 13.2 Å². The molecule has 6 nitrogen and oxygen atoms in total. The fourth-order valence-electron chi connectivity index (χ4n) is 0.939. The van der Waals surface area contributed by atoms with Crippen LogP contribution in [0.4, 0.5) is 0 Å². The molecule has 0 aromatic carbocycles. The third-order valence-electron chi connectivity index (χ3n) is 1.72. The molecule has 0 aromatic rings. The molecule has 0 unspecified atom stereocenters. The number of nitrogens with zero attached hydrogens (tertiary/aromatic N) is 2. The zero-order valence-corrected chi connectivity index (χ0v) is 8.83. The summed E-state index contributed by atoms with van der Waals surface area (Å²) in [4.78, 5) is 11.1. The van der Waals surface area contributed by atoms with E-state index in [9.17, 15) is 13.2 Å². The summed E-state index contributed by atoms with van der Waals surface area (Å²) < 4.78 is 31.1. The van der Waals surface area contributed by atoms with Crippen LogP contribution in [0.3, 0.4) is 0 Å². The van der Waals surface area contributed by atoms with Crippen molar-refractivity contribution in [3.8, 4) is 0 Å². The van der Waals surface area contributed by atoms with Crippen LogP contribution in [-0.2, 0) is 19.7 Å². The molecule has 0 aromatic heterocycles. The van der Waals surface area contributed by atoms with Crippen molar-refractivity contribution in [1.29, 1.82) is 0 Å². The van der Waals surface area contributed by atoms with Crippen LogP contribution < -0.4 is 0 Å². The van der Waals surface area contributed by atoms with Gasteiger partial charge in [-0.2, -0.15) is 8.42 Å². The average molecular weight is 218 g/mol. The van der Waals surface area contributed by atoms with Gasteiger partial charge in [-0.3, -0.25) is 4.31 Å². The summed E-state index contributed by atoms with van der Waals surface area (Å²) in [6.07, 6.45) is 1.18.